The van der Waals surface area contributed by atoms with Gasteiger partial charge >= 0.3 is 0 Å². The van der Waals surface area contributed by atoms with Gasteiger partial charge in [0.2, 0.25) is 0 Å². The highest BCUT2D eigenvalue weighted by Gasteiger charge is 2.54. The molecule has 1 aliphatic carbocycles. The molecule has 0 saturated heterocycles. The van der Waals surface area contributed by atoms with Crippen molar-refractivity contribution in [2.45, 2.75) is 58.0 Å². The van der Waals surface area contributed by atoms with Crippen LogP contribution in [0.4, 0.5) is 0 Å². The fraction of sp³-hybridized carbons (Fsp3) is 0.419. The number of benzene rings is 3. The summed E-state index contributed by atoms with van der Waals surface area (Å²) in [6, 6.07) is 29.4. The lowest BCUT2D eigenvalue weighted by Gasteiger charge is -2.46. The lowest BCUT2D eigenvalue weighted by Crippen LogP contribution is -2.68. The van der Waals surface area contributed by atoms with Gasteiger partial charge in [0.1, 0.15) is 5.75 Å². The molecule has 4 atom stereocenters. The van der Waals surface area contributed by atoms with Crippen LogP contribution in [-0.4, -0.2) is 39.3 Å². The number of rotatable bonds is 9. The van der Waals surface area contributed by atoms with Crippen molar-refractivity contribution in [3.8, 4) is 5.75 Å². The van der Waals surface area contributed by atoms with Gasteiger partial charge in [-0.2, -0.15) is 0 Å². The molecule has 0 amide bonds. The van der Waals surface area contributed by atoms with Crippen LogP contribution in [0.25, 0.3) is 0 Å². The molecule has 1 saturated carbocycles. The van der Waals surface area contributed by atoms with Gasteiger partial charge in [0, 0.05) is 5.92 Å². The molecule has 192 valence electrons. The van der Waals surface area contributed by atoms with Gasteiger partial charge in [-0.25, -0.2) is 0 Å². The lowest BCUT2D eigenvalue weighted by atomic mass is 10.0. The van der Waals surface area contributed by atoms with Crippen molar-refractivity contribution in [2.75, 3.05) is 13.7 Å². The summed E-state index contributed by atoms with van der Waals surface area (Å²) in [7, 11) is -1.06. The van der Waals surface area contributed by atoms with Crippen molar-refractivity contribution >= 4 is 18.7 Å². The molecule has 0 unspecified atom stereocenters. The first-order valence-corrected chi connectivity index (χ1v) is 14.8. The summed E-state index contributed by atoms with van der Waals surface area (Å²) in [5.74, 6) is 0.980. The fourth-order valence-electron chi connectivity index (χ4n) is 5.67. The third-order valence-corrected chi connectivity index (χ3v) is 12.6. The molecule has 0 spiro atoms. The topological polar surface area (TPSA) is 47.9 Å². The minimum absolute atomic E-state index is 0.0834. The summed E-state index contributed by atoms with van der Waals surface area (Å²) in [5, 5.41) is 13.5. The van der Waals surface area contributed by atoms with Crippen LogP contribution in [0.2, 0.25) is 5.04 Å². The average Bonchev–Trinajstić information content (AvgIpc) is 3.14. The monoisotopic (exact) mass is 504 g/mol. The summed E-state index contributed by atoms with van der Waals surface area (Å²) >= 11 is 0. The summed E-state index contributed by atoms with van der Waals surface area (Å²) in [6.07, 6.45) is 0.181. The molecule has 1 fully saturated rings. The van der Waals surface area contributed by atoms with E-state index in [4.69, 9.17) is 13.9 Å². The number of methoxy groups -OCH3 is 1. The number of aliphatic hydroxyl groups is 1. The molecular formula is C31H40O4Si. The zero-order chi connectivity index (χ0) is 25.8. The first-order valence-electron chi connectivity index (χ1n) is 12.9. The van der Waals surface area contributed by atoms with E-state index in [2.05, 4.69) is 88.4 Å². The number of hydrogen-bond acceptors (Lipinski definition) is 4. The molecule has 0 heterocycles. The molecular weight excluding hydrogens is 464 g/mol. The zero-order valence-electron chi connectivity index (χ0n) is 22.2. The molecule has 3 aromatic rings. The van der Waals surface area contributed by atoms with E-state index in [0.717, 1.165) is 17.7 Å². The standard InChI is InChI=1S/C31H40O4Si/c1-23-20-29(32)28(22-34-21-24-16-18-25(33-5)19-17-24)30(23)35-36(31(2,3)4,26-12-8-6-9-13-26)27-14-10-7-11-15-27/h6-19,23,28-30,32H,20-22H2,1-5H3/t23-,28-,29+,30+/m1/s1. The highest BCUT2D eigenvalue weighted by Crippen LogP contribution is 2.43. The van der Waals surface area contributed by atoms with Gasteiger partial charge in [-0.3, -0.25) is 0 Å². The molecule has 3 aromatic carbocycles. The maximum atomic E-state index is 11.1. The summed E-state index contributed by atoms with van der Waals surface area (Å²) < 4.78 is 18.9. The van der Waals surface area contributed by atoms with Crippen molar-refractivity contribution in [3.63, 3.8) is 0 Å². The van der Waals surface area contributed by atoms with E-state index >= 15 is 0 Å². The Bertz CT molecular complexity index is 1040. The van der Waals surface area contributed by atoms with Crippen LogP contribution in [-0.2, 0) is 15.8 Å². The van der Waals surface area contributed by atoms with Gasteiger partial charge in [0.25, 0.3) is 8.32 Å². The number of hydrogen-bond donors (Lipinski definition) is 1. The van der Waals surface area contributed by atoms with E-state index in [0.29, 0.717) is 13.2 Å². The van der Waals surface area contributed by atoms with E-state index in [-0.39, 0.29) is 23.0 Å². The molecule has 0 aliphatic heterocycles. The van der Waals surface area contributed by atoms with Crippen molar-refractivity contribution in [3.05, 3.63) is 90.5 Å². The van der Waals surface area contributed by atoms with E-state index in [1.165, 1.54) is 10.4 Å². The smallest absolute Gasteiger partial charge is 0.261 e. The Morgan fingerprint density at radius 2 is 1.42 bits per heavy atom. The minimum atomic E-state index is -2.72. The van der Waals surface area contributed by atoms with Crippen molar-refractivity contribution in [1.82, 2.24) is 0 Å². The fourth-order valence-corrected chi connectivity index (χ4v) is 10.5. The van der Waals surface area contributed by atoms with E-state index in [1.807, 2.05) is 24.3 Å². The van der Waals surface area contributed by atoms with Gasteiger partial charge in [0.15, 0.2) is 0 Å². The van der Waals surface area contributed by atoms with Gasteiger partial charge in [-0.1, -0.05) is 100 Å². The molecule has 0 radical (unpaired) electrons. The van der Waals surface area contributed by atoms with Crippen molar-refractivity contribution in [2.24, 2.45) is 11.8 Å². The Labute approximate surface area is 217 Å². The Morgan fingerprint density at radius 1 is 0.861 bits per heavy atom. The average molecular weight is 505 g/mol. The largest absolute Gasteiger partial charge is 0.497 e. The van der Waals surface area contributed by atoms with Crippen LogP contribution >= 0.6 is 0 Å². The van der Waals surface area contributed by atoms with Crippen LogP contribution in [0, 0.1) is 11.8 Å². The van der Waals surface area contributed by atoms with Crippen LogP contribution < -0.4 is 15.1 Å². The van der Waals surface area contributed by atoms with Crippen LogP contribution in [0.15, 0.2) is 84.9 Å². The van der Waals surface area contributed by atoms with Crippen LogP contribution in [0.5, 0.6) is 5.75 Å². The van der Waals surface area contributed by atoms with E-state index in [9.17, 15) is 5.11 Å². The highest BCUT2D eigenvalue weighted by molar-refractivity contribution is 6.99. The number of aliphatic hydroxyl groups excluding tert-OH is 1. The Balaban J connectivity index is 1.63. The summed E-state index contributed by atoms with van der Waals surface area (Å²) in [5.41, 5.74) is 1.08. The van der Waals surface area contributed by atoms with Gasteiger partial charge in [-0.15, -0.1) is 0 Å². The first kappa shape index (κ1) is 26.6. The van der Waals surface area contributed by atoms with Crippen molar-refractivity contribution < 1.29 is 19.0 Å². The van der Waals surface area contributed by atoms with E-state index < -0.39 is 14.4 Å². The molecule has 4 nitrogen and oxygen atoms in total. The first-order chi connectivity index (χ1) is 17.3. The minimum Gasteiger partial charge on any atom is -0.497 e. The van der Waals surface area contributed by atoms with Gasteiger partial charge < -0.3 is 19.0 Å². The summed E-state index contributed by atoms with van der Waals surface area (Å²) in [4.78, 5) is 0. The Morgan fingerprint density at radius 3 is 1.92 bits per heavy atom. The second-order valence-corrected chi connectivity index (χ2v) is 15.3. The van der Waals surface area contributed by atoms with E-state index in [1.54, 1.807) is 7.11 Å². The normalized spacial score (nSPS) is 22.5. The van der Waals surface area contributed by atoms with Crippen molar-refractivity contribution in [1.29, 1.82) is 0 Å². The van der Waals surface area contributed by atoms with Gasteiger partial charge in [-0.05, 0) is 45.4 Å². The second-order valence-electron chi connectivity index (χ2n) is 11.1. The molecule has 5 heteroatoms. The third-order valence-electron chi connectivity index (χ3n) is 7.56. The number of ether oxygens (including phenoxy) is 2. The molecule has 0 aromatic heterocycles. The predicted octanol–water partition coefficient (Wildman–Crippen LogP) is 5.17. The van der Waals surface area contributed by atoms with Crippen LogP contribution in [0.1, 0.15) is 39.7 Å². The molecule has 36 heavy (non-hydrogen) atoms. The SMILES string of the molecule is COc1ccc(COC[C@H]2[C@@H](O[Si](c3ccccc3)(c3ccccc3)C(C)(C)C)[C@H](C)C[C@@H]2O)cc1. The Hall–Kier alpha value is -2.44. The highest BCUT2D eigenvalue weighted by atomic mass is 28.4. The third kappa shape index (κ3) is 5.45. The summed E-state index contributed by atoms with van der Waals surface area (Å²) in [6.45, 7) is 10.0. The molecule has 4 rings (SSSR count). The lowest BCUT2D eigenvalue weighted by molar-refractivity contribution is -0.00682. The predicted molar refractivity (Wildman–Crippen MR) is 148 cm³/mol. The molecule has 1 aliphatic rings. The molecule has 1 N–H and O–H groups in total. The zero-order valence-corrected chi connectivity index (χ0v) is 23.2. The molecule has 0 bridgehead atoms. The maximum Gasteiger partial charge on any atom is 0.261 e. The quantitative estimate of drug-likeness (QED) is 0.408. The second kappa shape index (κ2) is 11.3. The Kier molecular flexibility index (Phi) is 8.36. The van der Waals surface area contributed by atoms with Crippen LogP contribution in [0.3, 0.4) is 0 Å². The maximum absolute atomic E-state index is 11.1. The van der Waals surface area contributed by atoms with Gasteiger partial charge in [0.05, 0.1) is 32.5 Å².